The van der Waals surface area contributed by atoms with E-state index in [9.17, 15) is 22.4 Å². The van der Waals surface area contributed by atoms with Gasteiger partial charge in [0, 0.05) is 43.1 Å². The average Bonchev–Trinajstić information content (AvgIpc) is 2.76. The molecule has 1 aromatic heterocycles. The van der Waals surface area contributed by atoms with Crippen molar-refractivity contribution in [1.29, 1.82) is 0 Å². The van der Waals surface area contributed by atoms with E-state index in [4.69, 9.17) is 0 Å². The summed E-state index contributed by atoms with van der Waals surface area (Å²) in [5.74, 6) is -0.843. The summed E-state index contributed by atoms with van der Waals surface area (Å²) >= 11 is 0. The summed E-state index contributed by atoms with van der Waals surface area (Å²) in [6, 6.07) is 11.5. The molecule has 0 unspecified atom stereocenters. The Morgan fingerprint density at radius 2 is 1.72 bits per heavy atom. The van der Waals surface area contributed by atoms with E-state index in [1.807, 2.05) is 0 Å². The van der Waals surface area contributed by atoms with Crippen molar-refractivity contribution < 1.29 is 17.6 Å². The Morgan fingerprint density at radius 3 is 2.34 bits per heavy atom. The lowest BCUT2D eigenvalue weighted by Crippen LogP contribution is -2.32. The van der Waals surface area contributed by atoms with Crippen LogP contribution in [0.2, 0.25) is 0 Å². The number of nitrogens with zero attached hydrogens (tertiary/aromatic N) is 2. The molecule has 0 bridgehead atoms. The number of pyridine rings is 1. The van der Waals surface area contributed by atoms with Crippen LogP contribution in [0.1, 0.15) is 36.7 Å². The number of benzene rings is 2. The molecule has 1 amide bonds. The standard InChI is InChI=1S/C23H26FN3O4S/c1-4-26(15-16-8-7-9-17(24)12-16)23(29)20-14-22(28)25-21-11-10-18(13-19(20)21)32(30,31)27(5-2)6-3/h7-14H,4-6,15H2,1-3H3,(H,25,28). The molecule has 2 aromatic carbocycles. The van der Waals surface area contributed by atoms with Crippen LogP contribution in [0.3, 0.4) is 0 Å². The second-order valence-corrected chi connectivity index (χ2v) is 9.23. The second-order valence-electron chi connectivity index (χ2n) is 7.29. The largest absolute Gasteiger partial charge is 0.335 e. The van der Waals surface area contributed by atoms with Gasteiger partial charge in [0.1, 0.15) is 5.82 Å². The second kappa shape index (κ2) is 9.62. The molecule has 0 saturated carbocycles. The molecule has 9 heteroatoms. The van der Waals surface area contributed by atoms with E-state index < -0.39 is 27.3 Å². The summed E-state index contributed by atoms with van der Waals surface area (Å²) < 4.78 is 40.8. The van der Waals surface area contributed by atoms with Crippen molar-refractivity contribution >= 4 is 26.8 Å². The maximum Gasteiger partial charge on any atom is 0.255 e. The van der Waals surface area contributed by atoms with Crippen LogP contribution in [0.4, 0.5) is 4.39 Å². The Morgan fingerprint density at radius 1 is 1.00 bits per heavy atom. The summed E-state index contributed by atoms with van der Waals surface area (Å²) in [5, 5.41) is 0.334. The van der Waals surface area contributed by atoms with Crippen molar-refractivity contribution in [2.75, 3.05) is 19.6 Å². The summed E-state index contributed by atoms with van der Waals surface area (Å²) in [4.78, 5) is 29.7. The third kappa shape index (κ3) is 4.73. The fourth-order valence-corrected chi connectivity index (χ4v) is 5.12. The normalized spacial score (nSPS) is 11.8. The molecule has 3 aromatic rings. The summed E-state index contributed by atoms with van der Waals surface area (Å²) in [6.07, 6.45) is 0. The van der Waals surface area contributed by atoms with Crippen LogP contribution in [0.5, 0.6) is 0 Å². The Hall–Kier alpha value is -3.04. The van der Waals surface area contributed by atoms with Crippen molar-refractivity contribution in [2.45, 2.75) is 32.2 Å². The van der Waals surface area contributed by atoms with Gasteiger partial charge in [-0.1, -0.05) is 26.0 Å². The van der Waals surface area contributed by atoms with Crippen LogP contribution in [-0.2, 0) is 16.6 Å². The van der Waals surface area contributed by atoms with Crippen LogP contribution in [0.15, 0.2) is 58.2 Å². The number of carbonyl (C=O) groups excluding carboxylic acids is 1. The van der Waals surface area contributed by atoms with Gasteiger partial charge in [-0.2, -0.15) is 4.31 Å². The monoisotopic (exact) mass is 459 g/mol. The highest BCUT2D eigenvalue weighted by Gasteiger charge is 2.24. The minimum Gasteiger partial charge on any atom is -0.335 e. The number of hydrogen-bond acceptors (Lipinski definition) is 4. The van der Waals surface area contributed by atoms with Crippen molar-refractivity contribution in [3.63, 3.8) is 0 Å². The quantitative estimate of drug-likeness (QED) is 0.559. The number of aromatic nitrogens is 1. The first-order valence-corrected chi connectivity index (χ1v) is 11.9. The molecule has 0 aliphatic rings. The lowest BCUT2D eigenvalue weighted by molar-refractivity contribution is 0.0754. The van der Waals surface area contributed by atoms with E-state index in [1.54, 1.807) is 32.9 Å². The zero-order valence-electron chi connectivity index (χ0n) is 18.3. The third-order valence-corrected chi connectivity index (χ3v) is 7.37. The summed E-state index contributed by atoms with van der Waals surface area (Å²) in [6.45, 7) is 6.37. The average molecular weight is 460 g/mol. The smallest absolute Gasteiger partial charge is 0.255 e. The van der Waals surface area contributed by atoms with E-state index in [0.29, 0.717) is 36.1 Å². The van der Waals surface area contributed by atoms with E-state index in [-0.39, 0.29) is 17.0 Å². The first-order chi connectivity index (χ1) is 15.2. The molecule has 1 heterocycles. The Labute approximate surface area is 186 Å². The zero-order valence-corrected chi connectivity index (χ0v) is 19.1. The van der Waals surface area contributed by atoms with E-state index in [0.717, 1.165) is 0 Å². The maximum atomic E-state index is 13.6. The highest BCUT2D eigenvalue weighted by molar-refractivity contribution is 7.89. The van der Waals surface area contributed by atoms with Gasteiger partial charge in [0.15, 0.2) is 0 Å². The number of halogens is 1. The molecule has 0 radical (unpaired) electrons. The molecule has 0 spiro atoms. The number of rotatable bonds is 8. The highest BCUT2D eigenvalue weighted by Crippen LogP contribution is 2.24. The number of carbonyl (C=O) groups is 1. The predicted octanol–water partition coefficient (Wildman–Crippen LogP) is 3.36. The molecule has 3 rings (SSSR count). The van der Waals surface area contributed by atoms with Gasteiger partial charge >= 0.3 is 0 Å². The van der Waals surface area contributed by atoms with Crippen LogP contribution in [0, 0.1) is 5.82 Å². The lowest BCUT2D eigenvalue weighted by atomic mass is 10.1. The van der Waals surface area contributed by atoms with Crippen LogP contribution < -0.4 is 5.56 Å². The fourth-order valence-electron chi connectivity index (χ4n) is 3.64. The molecule has 170 valence electrons. The van der Waals surface area contributed by atoms with Gasteiger partial charge < -0.3 is 9.88 Å². The fraction of sp³-hybridized carbons (Fsp3) is 0.304. The van der Waals surface area contributed by atoms with Crippen molar-refractivity contribution in [1.82, 2.24) is 14.2 Å². The molecule has 1 N–H and O–H groups in total. The third-order valence-electron chi connectivity index (χ3n) is 5.32. The summed E-state index contributed by atoms with van der Waals surface area (Å²) in [7, 11) is -3.75. The molecule has 0 atom stereocenters. The van der Waals surface area contributed by atoms with Gasteiger partial charge in [0.05, 0.1) is 10.5 Å². The molecule has 0 fully saturated rings. The first kappa shape index (κ1) is 23.6. The number of fused-ring (bicyclic) bond motifs is 1. The SMILES string of the molecule is CCN(Cc1cccc(F)c1)C(=O)c1cc(=O)[nH]c2ccc(S(=O)(=O)N(CC)CC)cc12. The number of aromatic amines is 1. The van der Waals surface area contributed by atoms with Gasteiger partial charge in [0.2, 0.25) is 15.6 Å². The molecule has 32 heavy (non-hydrogen) atoms. The molecule has 7 nitrogen and oxygen atoms in total. The van der Waals surface area contributed by atoms with E-state index in [2.05, 4.69) is 4.98 Å². The van der Waals surface area contributed by atoms with Gasteiger partial charge in [-0.25, -0.2) is 12.8 Å². The summed E-state index contributed by atoms with van der Waals surface area (Å²) in [5.41, 5.74) is 0.598. The van der Waals surface area contributed by atoms with Gasteiger partial charge in [0.25, 0.3) is 5.91 Å². The molecular formula is C23H26FN3O4S. The number of hydrogen-bond donors (Lipinski definition) is 1. The lowest BCUT2D eigenvalue weighted by Gasteiger charge is -2.22. The number of nitrogens with one attached hydrogen (secondary N) is 1. The molecular weight excluding hydrogens is 433 g/mol. The molecule has 0 saturated heterocycles. The predicted molar refractivity (Wildman–Crippen MR) is 121 cm³/mol. The minimum atomic E-state index is -3.75. The molecule has 0 aliphatic carbocycles. The number of amides is 1. The number of H-pyrrole nitrogens is 1. The zero-order chi connectivity index (χ0) is 23.5. The van der Waals surface area contributed by atoms with Crippen molar-refractivity contribution in [3.8, 4) is 0 Å². The minimum absolute atomic E-state index is 0.0444. The highest BCUT2D eigenvalue weighted by atomic mass is 32.2. The van der Waals surface area contributed by atoms with Gasteiger partial charge in [-0.3, -0.25) is 9.59 Å². The topological polar surface area (TPSA) is 90.5 Å². The Balaban J connectivity index is 2.10. The van der Waals surface area contributed by atoms with Crippen molar-refractivity contribution in [3.05, 3.63) is 75.8 Å². The van der Waals surface area contributed by atoms with Crippen LogP contribution in [-0.4, -0.2) is 48.1 Å². The first-order valence-electron chi connectivity index (χ1n) is 10.4. The van der Waals surface area contributed by atoms with E-state index >= 15 is 0 Å². The molecule has 0 aliphatic heterocycles. The van der Waals surface area contributed by atoms with E-state index in [1.165, 1.54) is 45.6 Å². The van der Waals surface area contributed by atoms with Crippen LogP contribution in [0.25, 0.3) is 10.9 Å². The number of sulfonamides is 1. The maximum absolute atomic E-state index is 13.6. The van der Waals surface area contributed by atoms with Crippen molar-refractivity contribution in [2.24, 2.45) is 0 Å². The Kier molecular flexibility index (Phi) is 7.10. The van der Waals surface area contributed by atoms with Gasteiger partial charge in [-0.05, 0) is 42.8 Å². The van der Waals surface area contributed by atoms with Gasteiger partial charge in [-0.15, -0.1) is 0 Å². The Bertz CT molecular complexity index is 1300. The van der Waals surface area contributed by atoms with Crippen LogP contribution >= 0.6 is 0 Å².